The molecule has 1 aromatic heterocycles. The largest absolute Gasteiger partial charge is 0.479 e. The number of hydrogen-bond donors (Lipinski definition) is 3. The van der Waals surface area contributed by atoms with Gasteiger partial charge in [-0.2, -0.15) is 28.1 Å². The van der Waals surface area contributed by atoms with Crippen LogP contribution in [0.3, 0.4) is 0 Å². The second-order valence-corrected chi connectivity index (χ2v) is 4.88. The first-order valence-electron chi connectivity index (χ1n) is 7.09. The molecule has 0 spiro atoms. The lowest BCUT2D eigenvalue weighted by atomic mass is 10.2. The van der Waals surface area contributed by atoms with Crippen LogP contribution in [0.4, 0.5) is 19.1 Å². The van der Waals surface area contributed by atoms with Crippen LogP contribution in [0.1, 0.15) is 13.8 Å². The molecule has 144 valence electrons. The van der Waals surface area contributed by atoms with E-state index in [1.807, 2.05) is 0 Å². The summed E-state index contributed by atoms with van der Waals surface area (Å²) >= 11 is 0. The number of halogens is 3. The van der Waals surface area contributed by atoms with Gasteiger partial charge in [0.05, 0.1) is 0 Å². The molecule has 0 aliphatic rings. The highest BCUT2D eigenvalue weighted by atomic mass is 19.4. The van der Waals surface area contributed by atoms with Gasteiger partial charge in [0.1, 0.15) is 0 Å². The lowest BCUT2D eigenvalue weighted by molar-refractivity contribution is -0.151. The minimum atomic E-state index is -4.77. The third-order valence-corrected chi connectivity index (χ3v) is 2.65. The number of nitrogens with zero attached hydrogens (tertiary/aromatic N) is 3. The summed E-state index contributed by atoms with van der Waals surface area (Å²) in [6, 6.07) is 2.94. The number of hydrogen-bond acceptors (Lipinski definition) is 10. The Morgan fingerprint density at radius 3 is 2.26 bits per heavy atom. The number of carbonyl (C=O) groups excluding carboxylic acids is 2. The quantitative estimate of drug-likeness (QED) is 0.300. The predicted octanol–water partition coefficient (Wildman–Crippen LogP) is 1.53. The molecule has 0 unspecified atom stereocenters. The van der Waals surface area contributed by atoms with Gasteiger partial charge in [-0.1, -0.05) is 0 Å². The molecule has 2 aromatic rings. The lowest BCUT2D eigenvalue weighted by Gasteiger charge is -2.12. The molecule has 0 fully saturated rings. The van der Waals surface area contributed by atoms with Gasteiger partial charge >= 0.3 is 24.2 Å². The van der Waals surface area contributed by atoms with Crippen LogP contribution < -0.4 is 20.3 Å². The summed E-state index contributed by atoms with van der Waals surface area (Å²) in [7, 11) is 0. The molecule has 0 bridgehead atoms. The van der Waals surface area contributed by atoms with Crippen molar-refractivity contribution in [2.75, 3.05) is 5.43 Å². The molecule has 2 rings (SSSR count). The Labute approximate surface area is 149 Å². The first-order chi connectivity index (χ1) is 12.5. The van der Waals surface area contributed by atoms with Crippen molar-refractivity contribution >= 4 is 17.9 Å². The molecule has 0 atom stereocenters. The molecular formula is C14H12F3N5O5. The highest BCUT2D eigenvalue weighted by Crippen LogP contribution is 2.32. The van der Waals surface area contributed by atoms with Crippen molar-refractivity contribution in [3.63, 3.8) is 0 Å². The van der Waals surface area contributed by atoms with E-state index in [0.717, 1.165) is 19.3 Å². The number of nitrogens with one attached hydrogen (secondary N) is 2. The van der Waals surface area contributed by atoms with Crippen molar-refractivity contribution in [1.82, 2.24) is 20.4 Å². The number of esters is 2. The van der Waals surface area contributed by atoms with Gasteiger partial charge in [0.2, 0.25) is 5.95 Å². The van der Waals surface area contributed by atoms with Crippen LogP contribution in [-0.4, -0.2) is 38.3 Å². The predicted molar refractivity (Wildman–Crippen MR) is 82.4 cm³/mol. The zero-order valence-corrected chi connectivity index (χ0v) is 13.8. The van der Waals surface area contributed by atoms with E-state index in [-0.39, 0.29) is 22.9 Å². The number of anilines is 1. The zero-order chi connectivity index (χ0) is 20.2. The van der Waals surface area contributed by atoms with Gasteiger partial charge in [-0.05, 0) is 18.2 Å². The Morgan fingerprint density at radius 1 is 1.04 bits per heavy atom. The van der Waals surface area contributed by atoms with Crippen LogP contribution >= 0.6 is 0 Å². The van der Waals surface area contributed by atoms with Crippen LogP contribution in [0.15, 0.2) is 18.2 Å². The first kappa shape index (κ1) is 19.8. The number of benzene rings is 1. The molecular weight excluding hydrogens is 375 g/mol. The summed E-state index contributed by atoms with van der Waals surface area (Å²) in [5.74, 6) is -2.46. The summed E-state index contributed by atoms with van der Waals surface area (Å²) in [6.45, 7) is 2.25. The highest BCUT2D eigenvalue weighted by Gasteiger charge is 2.27. The molecule has 13 heteroatoms. The second kappa shape index (κ2) is 7.82. The summed E-state index contributed by atoms with van der Waals surface area (Å²) in [5, 5.41) is 9.51. The molecule has 0 amide bonds. The Morgan fingerprint density at radius 2 is 1.67 bits per heavy atom. The fourth-order valence-electron chi connectivity index (χ4n) is 1.80. The zero-order valence-electron chi connectivity index (χ0n) is 13.8. The second-order valence-electron chi connectivity index (χ2n) is 4.88. The minimum Gasteiger partial charge on any atom is -0.479 e. The Kier molecular flexibility index (Phi) is 5.75. The standard InChI is InChI=1S/C14H12F3N5O5/c1-6(23)26-9-4-3-8(5-10(9)27-7(2)24)11-18-12(20-13(25)19-11)21-22-14(15,16)17/h3-5,22H,1-2H3,(H2,18,19,20,21,25). The number of carbonyl (C=O) groups is 2. The molecule has 1 aromatic carbocycles. The van der Waals surface area contributed by atoms with Gasteiger partial charge in [-0.3, -0.25) is 15.0 Å². The van der Waals surface area contributed by atoms with Crippen molar-refractivity contribution in [2.45, 2.75) is 20.1 Å². The molecule has 0 aliphatic heterocycles. The maximum absolute atomic E-state index is 12.2. The molecule has 0 saturated carbocycles. The fourth-order valence-corrected chi connectivity index (χ4v) is 1.80. The van der Waals surface area contributed by atoms with Crippen molar-refractivity contribution in [3.8, 4) is 28.9 Å². The third kappa shape index (κ3) is 6.07. The Bertz CT molecular complexity index is 875. The van der Waals surface area contributed by atoms with Crippen molar-refractivity contribution in [1.29, 1.82) is 0 Å². The average molecular weight is 387 g/mol. The molecule has 0 saturated heterocycles. The number of aromatic nitrogens is 3. The van der Waals surface area contributed by atoms with Gasteiger partial charge in [0, 0.05) is 19.4 Å². The summed E-state index contributed by atoms with van der Waals surface area (Å²) in [6.07, 6.45) is -4.77. The van der Waals surface area contributed by atoms with E-state index in [1.165, 1.54) is 18.2 Å². The van der Waals surface area contributed by atoms with E-state index in [2.05, 4.69) is 15.0 Å². The topological polar surface area (TPSA) is 136 Å². The van der Waals surface area contributed by atoms with Crippen molar-refractivity contribution in [2.24, 2.45) is 0 Å². The van der Waals surface area contributed by atoms with Crippen LogP contribution in [0.5, 0.6) is 17.5 Å². The number of alkyl halides is 3. The van der Waals surface area contributed by atoms with E-state index in [1.54, 1.807) is 5.43 Å². The summed E-state index contributed by atoms with van der Waals surface area (Å²) in [5.41, 5.74) is 2.77. The summed E-state index contributed by atoms with van der Waals surface area (Å²) in [4.78, 5) is 32.9. The van der Waals surface area contributed by atoms with Crippen LogP contribution in [0.2, 0.25) is 0 Å². The molecule has 27 heavy (non-hydrogen) atoms. The van der Waals surface area contributed by atoms with Gasteiger partial charge in [0.15, 0.2) is 17.3 Å². The Hall–Kier alpha value is -3.48. The first-order valence-corrected chi connectivity index (χ1v) is 7.09. The molecule has 1 heterocycles. The van der Waals surface area contributed by atoms with Gasteiger partial charge in [0.25, 0.3) is 0 Å². The van der Waals surface area contributed by atoms with Gasteiger partial charge in [-0.15, -0.1) is 5.43 Å². The van der Waals surface area contributed by atoms with Crippen molar-refractivity contribution in [3.05, 3.63) is 18.2 Å². The van der Waals surface area contributed by atoms with E-state index < -0.39 is 30.2 Å². The maximum Gasteiger partial charge on any atom is 0.474 e. The highest BCUT2D eigenvalue weighted by molar-refractivity contribution is 5.75. The normalized spacial score (nSPS) is 11.0. The van der Waals surface area contributed by atoms with Crippen LogP contribution in [0, 0.1) is 0 Å². The van der Waals surface area contributed by atoms with E-state index in [9.17, 15) is 27.9 Å². The third-order valence-electron chi connectivity index (χ3n) is 2.65. The van der Waals surface area contributed by atoms with E-state index >= 15 is 0 Å². The number of hydrazine groups is 1. The van der Waals surface area contributed by atoms with Crippen LogP contribution in [0.25, 0.3) is 11.4 Å². The smallest absolute Gasteiger partial charge is 0.474 e. The lowest BCUT2D eigenvalue weighted by Crippen LogP contribution is -2.37. The monoisotopic (exact) mass is 387 g/mol. The fraction of sp³-hybridized carbons (Fsp3) is 0.214. The van der Waals surface area contributed by atoms with Gasteiger partial charge in [-0.25, -0.2) is 0 Å². The summed E-state index contributed by atoms with van der Waals surface area (Å²) < 4.78 is 46.4. The SMILES string of the molecule is CC(=O)Oc1ccc(-c2nc(O)nc(NNC(F)(F)F)n2)cc1OC(C)=O. The average Bonchev–Trinajstić information content (AvgIpc) is 2.52. The Balaban J connectivity index is 2.40. The van der Waals surface area contributed by atoms with Gasteiger partial charge < -0.3 is 14.6 Å². The number of aromatic hydroxyl groups is 1. The van der Waals surface area contributed by atoms with E-state index in [0.29, 0.717) is 0 Å². The minimum absolute atomic E-state index is 0.0724. The molecule has 0 radical (unpaired) electrons. The number of ether oxygens (including phenoxy) is 2. The number of rotatable bonds is 5. The van der Waals surface area contributed by atoms with Crippen LogP contribution in [-0.2, 0) is 9.59 Å². The molecule has 10 nitrogen and oxygen atoms in total. The maximum atomic E-state index is 12.2. The van der Waals surface area contributed by atoms with Crippen molar-refractivity contribution < 1.29 is 37.3 Å². The van der Waals surface area contributed by atoms with E-state index in [4.69, 9.17) is 9.47 Å². The molecule has 3 N–H and O–H groups in total. The molecule has 0 aliphatic carbocycles.